The molecule has 2 heterocycles. The number of aromatic nitrogens is 2. The summed E-state index contributed by atoms with van der Waals surface area (Å²) in [5.74, 6) is 0. The van der Waals surface area contributed by atoms with Gasteiger partial charge in [0.1, 0.15) is 0 Å². The second-order valence-corrected chi connectivity index (χ2v) is 7.05. The monoisotopic (exact) mass is 325 g/mol. The first kappa shape index (κ1) is 17.0. The number of rotatable bonds is 4. The third-order valence-corrected chi connectivity index (χ3v) is 4.81. The summed E-state index contributed by atoms with van der Waals surface area (Å²) >= 11 is 0. The van der Waals surface area contributed by atoms with E-state index in [1.54, 1.807) is 6.20 Å². The van der Waals surface area contributed by atoms with Gasteiger partial charge in [-0.2, -0.15) is 5.10 Å². The Bertz CT molecular complexity index is 705. The van der Waals surface area contributed by atoms with Crippen LogP contribution in [0.5, 0.6) is 0 Å². The standard InChI is InChI=1S/C18H24BN3O2/c1-17(2)18(3,4)24-19(23-17)15(13-20)12-14-6-8-16(9-7-14)22-11-5-10-21-22/h5-12H,13,20H2,1-4H3. The smallest absolute Gasteiger partial charge is 0.400 e. The lowest BCUT2D eigenvalue weighted by molar-refractivity contribution is 0.00578. The number of benzene rings is 1. The molecule has 1 aromatic carbocycles. The second-order valence-electron chi connectivity index (χ2n) is 7.05. The van der Waals surface area contributed by atoms with E-state index in [9.17, 15) is 0 Å². The lowest BCUT2D eigenvalue weighted by Crippen LogP contribution is -2.41. The summed E-state index contributed by atoms with van der Waals surface area (Å²) in [6, 6.07) is 10.0. The van der Waals surface area contributed by atoms with Crippen molar-refractivity contribution in [3.05, 3.63) is 53.8 Å². The van der Waals surface area contributed by atoms with Crippen molar-refractivity contribution in [2.75, 3.05) is 6.54 Å². The zero-order chi connectivity index (χ0) is 17.4. The minimum atomic E-state index is -0.411. The lowest BCUT2D eigenvalue weighted by Gasteiger charge is -2.32. The summed E-state index contributed by atoms with van der Waals surface area (Å²) in [5, 5.41) is 4.23. The molecule has 1 aromatic heterocycles. The van der Waals surface area contributed by atoms with Gasteiger partial charge in [0.15, 0.2) is 0 Å². The molecule has 1 aliphatic rings. The van der Waals surface area contributed by atoms with Crippen molar-refractivity contribution in [1.82, 2.24) is 9.78 Å². The van der Waals surface area contributed by atoms with Crippen LogP contribution in [0.15, 0.2) is 48.2 Å². The topological polar surface area (TPSA) is 62.3 Å². The van der Waals surface area contributed by atoms with Gasteiger partial charge in [-0.1, -0.05) is 18.2 Å². The van der Waals surface area contributed by atoms with Gasteiger partial charge in [-0.3, -0.25) is 0 Å². The average molecular weight is 325 g/mol. The Morgan fingerprint density at radius 3 is 2.29 bits per heavy atom. The molecule has 6 heteroatoms. The highest BCUT2D eigenvalue weighted by molar-refractivity contribution is 6.55. The zero-order valence-corrected chi connectivity index (χ0v) is 14.7. The fraction of sp³-hybridized carbons (Fsp3) is 0.389. The molecule has 1 fully saturated rings. The first-order chi connectivity index (χ1) is 11.3. The van der Waals surface area contributed by atoms with E-state index in [1.807, 2.05) is 75.0 Å². The Morgan fingerprint density at radius 1 is 1.17 bits per heavy atom. The van der Waals surface area contributed by atoms with Crippen LogP contribution in [0.25, 0.3) is 11.8 Å². The third kappa shape index (κ3) is 3.17. The molecule has 2 N–H and O–H groups in total. The quantitative estimate of drug-likeness (QED) is 0.878. The van der Waals surface area contributed by atoms with Crippen LogP contribution in [-0.2, 0) is 9.31 Å². The minimum absolute atomic E-state index is 0.365. The van der Waals surface area contributed by atoms with Crippen LogP contribution < -0.4 is 5.73 Å². The summed E-state index contributed by atoms with van der Waals surface area (Å²) in [6.45, 7) is 8.55. The Labute approximate surface area is 143 Å². The van der Waals surface area contributed by atoms with Gasteiger partial charge >= 0.3 is 7.12 Å². The fourth-order valence-electron chi connectivity index (χ4n) is 2.58. The van der Waals surface area contributed by atoms with Crippen molar-refractivity contribution in [3.8, 4) is 5.69 Å². The van der Waals surface area contributed by atoms with Gasteiger partial charge in [0.2, 0.25) is 0 Å². The van der Waals surface area contributed by atoms with E-state index >= 15 is 0 Å². The second kappa shape index (κ2) is 6.20. The van der Waals surface area contributed by atoms with Gasteiger partial charge < -0.3 is 15.0 Å². The van der Waals surface area contributed by atoms with E-state index in [0.717, 1.165) is 16.7 Å². The van der Waals surface area contributed by atoms with Gasteiger partial charge in [-0.15, -0.1) is 0 Å². The van der Waals surface area contributed by atoms with E-state index in [-0.39, 0.29) is 11.2 Å². The van der Waals surface area contributed by atoms with Crippen molar-refractivity contribution >= 4 is 13.2 Å². The van der Waals surface area contributed by atoms with Crippen LogP contribution in [0.2, 0.25) is 0 Å². The van der Waals surface area contributed by atoms with Crippen LogP contribution in [0.4, 0.5) is 0 Å². The highest BCUT2D eigenvalue weighted by Crippen LogP contribution is 2.38. The number of hydrogen-bond acceptors (Lipinski definition) is 4. The molecule has 0 atom stereocenters. The normalized spacial score (nSPS) is 19.7. The summed E-state index contributed by atoms with van der Waals surface area (Å²) in [4.78, 5) is 0. The minimum Gasteiger partial charge on any atom is -0.400 e. The van der Waals surface area contributed by atoms with E-state index < -0.39 is 7.12 Å². The highest BCUT2D eigenvalue weighted by Gasteiger charge is 2.52. The summed E-state index contributed by atoms with van der Waals surface area (Å²) < 4.78 is 14.0. The van der Waals surface area contributed by atoms with Gasteiger partial charge in [0, 0.05) is 18.9 Å². The van der Waals surface area contributed by atoms with E-state index in [0.29, 0.717) is 6.54 Å². The molecule has 0 saturated carbocycles. The molecular weight excluding hydrogens is 301 g/mol. The predicted molar refractivity (Wildman–Crippen MR) is 96.7 cm³/mol. The van der Waals surface area contributed by atoms with E-state index in [2.05, 4.69) is 5.10 Å². The van der Waals surface area contributed by atoms with Gasteiger partial charge in [-0.05, 0) is 56.9 Å². The van der Waals surface area contributed by atoms with E-state index in [1.165, 1.54) is 0 Å². The molecule has 1 saturated heterocycles. The number of nitrogens with zero attached hydrogens (tertiary/aromatic N) is 2. The molecule has 24 heavy (non-hydrogen) atoms. The Morgan fingerprint density at radius 2 is 1.79 bits per heavy atom. The summed E-state index contributed by atoms with van der Waals surface area (Å²) in [6.07, 6.45) is 5.72. The molecule has 5 nitrogen and oxygen atoms in total. The summed E-state index contributed by atoms with van der Waals surface area (Å²) in [7, 11) is -0.411. The SMILES string of the molecule is CC1(C)OB(C(=Cc2ccc(-n3cccn3)cc2)CN)OC1(C)C. The molecule has 2 aromatic rings. The number of hydrogen-bond donors (Lipinski definition) is 1. The highest BCUT2D eigenvalue weighted by atomic mass is 16.7. The maximum atomic E-state index is 6.09. The van der Waals surface area contributed by atoms with Crippen molar-refractivity contribution in [2.45, 2.75) is 38.9 Å². The summed E-state index contributed by atoms with van der Waals surface area (Å²) in [5.41, 5.74) is 8.22. The zero-order valence-electron chi connectivity index (χ0n) is 14.7. The molecule has 0 radical (unpaired) electrons. The molecular formula is C18H24BN3O2. The number of nitrogens with two attached hydrogens (primary N) is 1. The van der Waals surface area contributed by atoms with Crippen LogP contribution in [0, 0.1) is 0 Å². The molecule has 0 bridgehead atoms. The molecule has 0 amide bonds. The van der Waals surface area contributed by atoms with Crippen LogP contribution in [0.1, 0.15) is 33.3 Å². The Hall–Kier alpha value is -1.89. The van der Waals surface area contributed by atoms with Gasteiger partial charge in [0.05, 0.1) is 16.9 Å². The predicted octanol–water partition coefficient (Wildman–Crippen LogP) is 2.85. The van der Waals surface area contributed by atoms with Crippen molar-refractivity contribution < 1.29 is 9.31 Å². The first-order valence-corrected chi connectivity index (χ1v) is 8.19. The molecule has 1 aliphatic heterocycles. The Kier molecular flexibility index (Phi) is 4.38. The van der Waals surface area contributed by atoms with Crippen molar-refractivity contribution in [1.29, 1.82) is 0 Å². The van der Waals surface area contributed by atoms with Crippen molar-refractivity contribution in [2.24, 2.45) is 5.73 Å². The van der Waals surface area contributed by atoms with Gasteiger partial charge in [-0.25, -0.2) is 4.68 Å². The molecule has 0 spiro atoms. The largest absolute Gasteiger partial charge is 0.491 e. The average Bonchev–Trinajstić information content (AvgIpc) is 3.12. The van der Waals surface area contributed by atoms with Crippen LogP contribution in [-0.4, -0.2) is 34.6 Å². The fourth-order valence-corrected chi connectivity index (χ4v) is 2.58. The molecule has 126 valence electrons. The lowest BCUT2D eigenvalue weighted by atomic mass is 9.77. The van der Waals surface area contributed by atoms with E-state index in [4.69, 9.17) is 15.0 Å². The van der Waals surface area contributed by atoms with Crippen LogP contribution >= 0.6 is 0 Å². The maximum absolute atomic E-state index is 6.09. The molecule has 3 rings (SSSR count). The van der Waals surface area contributed by atoms with Crippen molar-refractivity contribution in [3.63, 3.8) is 0 Å². The molecule has 0 aliphatic carbocycles. The maximum Gasteiger partial charge on any atom is 0.491 e. The van der Waals surface area contributed by atoms with Gasteiger partial charge in [0.25, 0.3) is 0 Å². The Balaban J connectivity index is 1.81. The van der Waals surface area contributed by atoms with Crippen LogP contribution in [0.3, 0.4) is 0 Å². The first-order valence-electron chi connectivity index (χ1n) is 8.19. The third-order valence-electron chi connectivity index (χ3n) is 4.81. The molecule has 0 unspecified atom stereocenters.